The predicted molar refractivity (Wildman–Crippen MR) is 68.3 cm³/mol. The van der Waals surface area contributed by atoms with Gasteiger partial charge in [-0.25, -0.2) is 0 Å². The quantitative estimate of drug-likeness (QED) is 0.892. The number of nitrogens with zero attached hydrogens (tertiary/aromatic N) is 2. The van der Waals surface area contributed by atoms with Gasteiger partial charge < -0.3 is 10.3 Å². The second kappa shape index (κ2) is 4.53. The lowest BCUT2D eigenvalue weighted by Crippen LogP contribution is -2.22. The van der Waals surface area contributed by atoms with E-state index in [1.54, 1.807) is 0 Å². The van der Waals surface area contributed by atoms with Crippen LogP contribution in [-0.2, 0) is 12.8 Å². The Labute approximate surface area is 106 Å². The van der Waals surface area contributed by atoms with Crippen molar-refractivity contribution in [3.05, 3.63) is 47.1 Å². The van der Waals surface area contributed by atoms with Crippen molar-refractivity contribution in [1.82, 2.24) is 10.1 Å². The first-order chi connectivity index (χ1) is 8.78. The smallest absolute Gasteiger partial charge is 0.228 e. The fourth-order valence-electron chi connectivity index (χ4n) is 2.35. The summed E-state index contributed by atoms with van der Waals surface area (Å²) >= 11 is 0. The van der Waals surface area contributed by atoms with Crippen LogP contribution in [0.2, 0.25) is 0 Å². The molecule has 2 unspecified atom stereocenters. The summed E-state index contributed by atoms with van der Waals surface area (Å²) in [4.78, 5) is 4.46. The monoisotopic (exact) mass is 243 g/mol. The zero-order valence-corrected chi connectivity index (χ0v) is 10.5. The zero-order valence-electron chi connectivity index (χ0n) is 10.5. The van der Waals surface area contributed by atoms with E-state index in [0.29, 0.717) is 18.2 Å². The first-order valence-corrected chi connectivity index (χ1v) is 6.43. The molecule has 94 valence electrons. The lowest BCUT2D eigenvalue weighted by atomic mass is 9.77. The lowest BCUT2D eigenvalue weighted by molar-refractivity contribution is 0.360. The molecule has 0 radical (unpaired) electrons. The molecular weight excluding hydrogens is 226 g/mol. The molecule has 18 heavy (non-hydrogen) atoms. The van der Waals surface area contributed by atoms with E-state index >= 15 is 0 Å². The van der Waals surface area contributed by atoms with Crippen LogP contribution < -0.4 is 5.73 Å². The van der Waals surface area contributed by atoms with E-state index in [9.17, 15) is 0 Å². The maximum atomic E-state index is 5.89. The number of hydrogen-bond acceptors (Lipinski definition) is 4. The van der Waals surface area contributed by atoms with Crippen LogP contribution in [0.15, 0.2) is 28.8 Å². The second-order valence-electron chi connectivity index (χ2n) is 4.87. The third-order valence-electron chi connectivity index (χ3n) is 3.61. The van der Waals surface area contributed by atoms with Gasteiger partial charge in [0.2, 0.25) is 5.89 Å². The fourth-order valence-corrected chi connectivity index (χ4v) is 2.35. The Morgan fingerprint density at radius 1 is 1.44 bits per heavy atom. The number of nitrogens with two attached hydrogens (primary N) is 1. The highest BCUT2D eigenvalue weighted by Gasteiger charge is 2.30. The van der Waals surface area contributed by atoms with Gasteiger partial charge in [0.1, 0.15) is 0 Å². The van der Waals surface area contributed by atoms with E-state index in [-0.39, 0.29) is 6.04 Å². The van der Waals surface area contributed by atoms with E-state index in [0.717, 1.165) is 18.7 Å². The lowest BCUT2D eigenvalue weighted by Gasteiger charge is -2.27. The molecule has 0 bridgehead atoms. The summed E-state index contributed by atoms with van der Waals surface area (Å²) in [5.74, 6) is 1.76. The van der Waals surface area contributed by atoms with Crippen molar-refractivity contribution in [1.29, 1.82) is 0 Å². The molecule has 4 nitrogen and oxygen atoms in total. The standard InChI is InChI=1S/C14H17N3O/c1-2-10(15)8-13-16-14(17-18-13)12-7-9-5-3-4-6-11(9)12/h3-6,10,12H,2,7-8,15H2,1H3. The van der Waals surface area contributed by atoms with E-state index in [4.69, 9.17) is 10.3 Å². The van der Waals surface area contributed by atoms with Crippen molar-refractivity contribution in [2.24, 2.45) is 5.73 Å². The average Bonchev–Trinajstić information content (AvgIpc) is 2.79. The van der Waals surface area contributed by atoms with Gasteiger partial charge in [-0.3, -0.25) is 0 Å². The largest absolute Gasteiger partial charge is 0.339 e. The molecule has 1 aromatic carbocycles. The Kier molecular flexibility index (Phi) is 2.88. The number of rotatable bonds is 4. The number of aromatic nitrogens is 2. The molecule has 0 saturated heterocycles. The van der Waals surface area contributed by atoms with Crippen molar-refractivity contribution < 1.29 is 4.52 Å². The molecule has 4 heteroatoms. The topological polar surface area (TPSA) is 64.9 Å². The highest BCUT2D eigenvalue weighted by atomic mass is 16.5. The van der Waals surface area contributed by atoms with E-state index in [1.165, 1.54) is 11.1 Å². The Balaban J connectivity index is 1.76. The Hall–Kier alpha value is -1.68. The summed E-state index contributed by atoms with van der Waals surface area (Å²) in [6.07, 6.45) is 2.59. The van der Waals surface area contributed by atoms with Gasteiger partial charge in [-0.2, -0.15) is 4.98 Å². The molecule has 2 atom stereocenters. The summed E-state index contributed by atoms with van der Waals surface area (Å²) < 4.78 is 5.27. The highest BCUT2D eigenvalue weighted by molar-refractivity contribution is 5.43. The molecule has 3 rings (SSSR count). The zero-order chi connectivity index (χ0) is 12.5. The molecule has 1 heterocycles. The van der Waals surface area contributed by atoms with E-state index in [2.05, 4.69) is 41.3 Å². The molecule has 0 saturated carbocycles. The molecule has 1 aliphatic rings. The Bertz CT molecular complexity index is 549. The highest BCUT2D eigenvalue weighted by Crippen LogP contribution is 2.38. The molecule has 0 aliphatic heterocycles. The van der Waals surface area contributed by atoms with Crippen LogP contribution in [0, 0.1) is 0 Å². The predicted octanol–water partition coefficient (Wildman–Crippen LogP) is 2.04. The van der Waals surface area contributed by atoms with Gasteiger partial charge in [-0.1, -0.05) is 36.3 Å². The average molecular weight is 243 g/mol. The Morgan fingerprint density at radius 3 is 3.06 bits per heavy atom. The van der Waals surface area contributed by atoms with Crippen molar-refractivity contribution in [3.8, 4) is 0 Å². The molecule has 0 amide bonds. The van der Waals surface area contributed by atoms with Crippen LogP contribution in [0.4, 0.5) is 0 Å². The van der Waals surface area contributed by atoms with Crippen LogP contribution in [0.3, 0.4) is 0 Å². The van der Waals surface area contributed by atoms with Gasteiger partial charge in [-0.15, -0.1) is 0 Å². The summed E-state index contributed by atoms with van der Waals surface area (Å²) in [5.41, 5.74) is 8.60. The SMILES string of the molecule is CCC(N)Cc1nc(C2Cc3ccccc32)no1. The third-order valence-corrected chi connectivity index (χ3v) is 3.61. The maximum absolute atomic E-state index is 5.89. The van der Waals surface area contributed by atoms with Crippen molar-refractivity contribution >= 4 is 0 Å². The van der Waals surface area contributed by atoms with Gasteiger partial charge in [0, 0.05) is 12.5 Å². The van der Waals surface area contributed by atoms with Crippen LogP contribution >= 0.6 is 0 Å². The van der Waals surface area contributed by atoms with Gasteiger partial charge in [0.25, 0.3) is 0 Å². The Morgan fingerprint density at radius 2 is 2.28 bits per heavy atom. The van der Waals surface area contributed by atoms with Crippen LogP contribution in [0.5, 0.6) is 0 Å². The first kappa shape index (κ1) is 11.4. The molecule has 2 N–H and O–H groups in total. The van der Waals surface area contributed by atoms with Crippen molar-refractivity contribution in [2.45, 2.75) is 38.1 Å². The maximum Gasteiger partial charge on any atom is 0.228 e. The molecule has 0 spiro atoms. The second-order valence-corrected chi connectivity index (χ2v) is 4.87. The third kappa shape index (κ3) is 1.93. The number of hydrogen-bond donors (Lipinski definition) is 1. The van der Waals surface area contributed by atoms with Gasteiger partial charge in [0.05, 0.1) is 5.92 Å². The van der Waals surface area contributed by atoms with Crippen LogP contribution in [0.1, 0.15) is 42.1 Å². The van der Waals surface area contributed by atoms with Gasteiger partial charge in [0.15, 0.2) is 5.82 Å². The van der Waals surface area contributed by atoms with Crippen LogP contribution in [0.25, 0.3) is 0 Å². The molecule has 2 aromatic rings. The van der Waals surface area contributed by atoms with E-state index < -0.39 is 0 Å². The van der Waals surface area contributed by atoms with Gasteiger partial charge in [-0.05, 0) is 24.0 Å². The van der Waals surface area contributed by atoms with Crippen molar-refractivity contribution in [2.75, 3.05) is 0 Å². The molecule has 1 aromatic heterocycles. The fraction of sp³-hybridized carbons (Fsp3) is 0.429. The van der Waals surface area contributed by atoms with Crippen molar-refractivity contribution in [3.63, 3.8) is 0 Å². The number of benzene rings is 1. The first-order valence-electron chi connectivity index (χ1n) is 6.43. The number of fused-ring (bicyclic) bond motifs is 1. The van der Waals surface area contributed by atoms with Crippen LogP contribution in [-0.4, -0.2) is 16.2 Å². The minimum atomic E-state index is 0.104. The molecular formula is C14H17N3O. The minimum Gasteiger partial charge on any atom is -0.339 e. The summed E-state index contributed by atoms with van der Waals surface area (Å²) in [6, 6.07) is 8.51. The normalized spacial score (nSPS) is 19.1. The van der Waals surface area contributed by atoms with E-state index in [1.807, 2.05) is 0 Å². The minimum absolute atomic E-state index is 0.104. The van der Waals surface area contributed by atoms with Gasteiger partial charge >= 0.3 is 0 Å². The molecule has 1 aliphatic carbocycles. The summed E-state index contributed by atoms with van der Waals surface area (Å²) in [6.45, 7) is 2.06. The summed E-state index contributed by atoms with van der Waals surface area (Å²) in [5, 5.41) is 4.08. The molecule has 0 fully saturated rings. The summed E-state index contributed by atoms with van der Waals surface area (Å²) in [7, 11) is 0.